The number of hydrogen-bond donors (Lipinski definition) is 1. The van der Waals surface area contributed by atoms with E-state index in [1.54, 1.807) is 0 Å². The molecule has 2 aromatic rings. The molecule has 1 N–H and O–H groups in total. The molecule has 1 aliphatic heterocycles. The molecular formula is C22H28N2O. The van der Waals surface area contributed by atoms with Crippen molar-refractivity contribution in [3.63, 3.8) is 0 Å². The second-order valence-corrected chi connectivity index (χ2v) is 7.58. The lowest BCUT2D eigenvalue weighted by atomic mass is 9.92. The highest BCUT2D eigenvalue weighted by Gasteiger charge is 2.29. The lowest BCUT2D eigenvalue weighted by Crippen LogP contribution is -2.40. The third-order valence-electron chi connectivity index (χ3n) is 5.92. The van der Waals surface area contributed by atoms with Gasteiger partial charge in [0.1, 0.15) is 0 Å². The van der Waals surface area contributed by atoms with E-state index in [0.29, 0.717) is 5.92 Å². The maximum absolute atomic E-state index is 9.21. The van der Waals surface area contributed by atoms with Gasteiger partial charge in [-0.25, -0.2) is 0 Å². The Morgan fingerprint density at radius 3 is 2.52 bits per heavy atom. The smallest absolute Gasteiger partial charge is 0.0705 e. The Hall–Kier alpha value is -1.71. The van der Waals surface area contributed by atoms with Gasteiger partial charge in [0.05, 0.1) is 12.3 Å². The first kappa shape index (κ1) is 16.7. The van der Waals surface area contributed by atoms with E-state index in [1.807, 2.05) is 12.1 Å². The Balaban J connectivity index is 1.51. The van der Waals surface area contributed by atoms with Crippen molar-refractivity contribution in [2.75, 3.05) is 13.1 Å². The predicted molar refractivity (Wildman–Crippen MR) is 101 cm³/mol. The fourth-order valence-electron chi connectivity index (χ4n) is 4.47. The number of aromatic nitrogens is 1. The number of hydrogen-bond acceptors (Lipinski definition) is 3. The summed E-state index contributed by atoms with van der Waals surface area (Å²) in [6, 6.07) is 15.3. The van der Waals surface area contributed by atoms with Crippen LogP contribution in [0.4, 0.5) is 0 Å². The Bertz CT molecular complexity index is 691. The van der Waals surface area contributed by atoms with Gasteiger partial charge in [0, 0.05) is 29.8 Å². The van der Waals surface area contributed by atoms with Gasteiger partial charge in [-0.05, 0) is 49.9 Å². The van der Waals surface area contributed by atoms with E-state index in [9.17, 15) is 5.11 Å². The van der Waals surface area contributed by atoms with Gasteiger partial charge in [0.2, 0.25) is 0 Å². The first-order chi connectivity index (χ1) is 12.3. The fourth-order valence-corrected chi connectivity index (χ4v) is 4.47. The van der Waals surface area contributed by atoms with E-state index in [-0.39, 0.29) is 6.61 Å². The quantitative estimate of drug-likeness (QED) is 0.901. The minimum atomic E-state index is 0.0901. The zero-order valence-corrected chi connectivity index (χ0v) is 14.9. The minimum Gasteiger partial charge on any atom is -0.392 e. The normalized spacial score (nSPS) is 22.4. The monoisotopic (exact) mass is 336 g/mol. The molecule has 1 saturated heterocycles. The van der Waals surface area contributed by atoms with Gasteiger partial charge < -0.3 is 5.11 Å². The number of rotatable bonds is 4. The lowest BCUT2D eigenvalue weighted by Gasteiger charge is -2.36. The molecule has 0 unspecified atom stereocenters. The molecule has 4 rings (SSSR count). The zero-order valence-electron chi connectivity index (χ0n) is 14.9. The number of aliphatic hydroxyl groups excluding tert-OH is 1. The fraction of sp³-hybridized carbons (Fsp3) is 0.500. The SMILES string of the molecule is OCc1ccc(-c2cccc([C@@H]3CCCN(C4CCCC4)C3)n2)cc1. The number of nitrogens with zero attached hydrogens (tertiary/aromatic N) is 2. The van der Waals surface area contributed by atoms with E-state index in [1.165, 1.54) is 57.3 Å². The summed E-state index contributed by atoms with van der Waals surface area (Å²) in [5.41, 5.74) is 4.35. The van der Waals surface area contributed by atoms with Crippen molar-refractivity contribution in [1.29, 1.82) is 0 Å². The van der Waals surface area contributed by atoms with Gasteiger partial charge in [-0.1, -0.05) is 43.2 Å². The Morgan fingerprint density at radius 2 is 1.76 bits per heavy atom. The number of likely N-dealkylation sites (tertiary alicyclic amines) is 1. The van der Waals surface area contributed by atoms with Crippen molar-refractivity contribution in [3.05, 3.63) is 53.7 Å². The van der Waals surface area contributed by atoms with E-state index in [2.05, 4.69) is 35.2 Å². The van der Waals surface area contributed by atoms with Crippen LogP contribution in [0.15, 0.2) is 42.5 Å². The molecule has 0 amide bonds. The van der Waals surface area contributed by atoms with Gasteiger partial charge in [-0.2, -0.15) is 0 Å². The zero-order chi connectivity index (χ0) is 17.1. The third-order valence-corrected chi connectivity index (χ3v) is 5.92. The van der Waals surface area contributed by atoms with Crippen LogP contribution in [-0.2, 0) is 6.61 Å². The molecule has 132 valence electrons. The van der Waals surface area contributed by atoms with E-state index >= 15 is 0 Å². The molecule has 25 heavy (non-hydrogen) atoms. The van der Waals surface area contributed by atoms with E-state index in [0.717, 1.165) is 22.9 Å². The second-order valence-electron chi connectivity index (χ2n) is 7.58. The third kappa shape index (κ3) is 3.78. The highest BCUT2D eigenvalue weighted by molar-refractivity contribution is 5.59. The number of piperidine rings is 1. The average molecular weight is 336 g/mol. The molecule has 0 spiro atoms. The molecular weight excluding hydrogens is 308 g/mol. The highest BCUT2D eigenvalue weighted by Crippen LogP contribution is 2.32. The molecule has 1 atom stereocenters. The molecule has 1 aliphatic carbocycles. The van der Waals surface area contributed by atoms with Gasteiger partial charge in [-0.3, -0.25) is 9.88 Å². The Kier molecular flexibility index (Phi) is 5.14. The number of pyridine rings is 1. The van der Waals surface area contributed by atoms with Crippen LogP contribution in [-0.4, -0.2) is 34.1 Å². The summed E-state index contributed by atoms with van der Waals surface area (Å²) in [5, 5.41) is 9.21. The summed E-state index contributed by atoms with van der Waals surface area (Å²) in [5.74, 6) is 0.561. The minimum absolute atomic E-state index is 0.0901. The van der Waals surface area contributed by atoms with Crippen molar-refractivity contribution in [2.24, 2.45) is 0 Å². The van der Waals surface area contributed by atoms with Crippen molar-refractivity contribution in [2.45, 2.75) is 57.1 Å². The van der Waals surface area contributed by atoms with Crippen LogP contribution in [0.25, 0.3) is 11.3 Å². The molecule has 3 nitrogen and oxygen atoms in total. The predicted octanol–water partition coefficient (Wildman–Crippen LogP) is 4.36. The van der Waals surface area contributed by atoms with E-state index < -0.39 is 0 Å². The molecule has 3 heteroatoms. The standard InChI is InChI=1S/C22H28N2O/c25-16-17-10-12-18(13-11-17)21-8-3-9-22(23-21)19-5-4-14-24(15-19)20-6-1-2-7-20/h3,8-13,19-20,25H,1-2,4-7,14-16H2/t19-/m1/s1. The van der Waals surface area contributed by atoms with Crippen LogP contribution in [0.5, 0.6) is 0 Å². The summed E-state index contributed by atoms with van der Waals surface area (Å²) in [7, 11) is 0. The summed E-state index contributed by atoms with van der Waals surface area (Å²) < 4.78 is 0. The largest absolute Gasteiger partial charge is 0.392 e. The summed E-state index contributed by atoms with van der Waals surface area (Å²) in [6.45, 7) is 2.53. The first-order valence-electron chi connectivity index (χ1n) is 9.74. The lowest BCUT2D eigenvalue weighted by molar-refractivity contribution is 0.149. The molecule has 1 aromatic carbocycles. The van der Waals surface area contributed by atoms with Gasteiger partial charge >= 0.3 is 0 Å². The van der Waals surface area contributed by atoms with Gasteiger partial charge in [0.25, 0.3) is 0 Å². The molecule has 2 heterocycles. The number of benzene rings is 1. The molecule has 2 fully saturated rings. The van der Waals surface area contributed by atoms with Crippen molar-refractivity contribution < 1.29 is 5.11 Å². The van der Waals surface area contributed by atoms with Crippen molar-refractivity contribution in [1.82, 2.24) is 9.88 Å². The van der Waals surface area contributed by atoms with Crippen molar-refractivity contribution >= 4 is 0 Å². The van der Waals surface area contributed by atoms with Crippen LogP contribution in [0.2, 0.25) is 0 Å². The first-order valence-corrected chi connectivity index (χ1v) is 9.74. The summed E-state index contributed by atoms with van der Waals surface area (Å²) >= 11 is 0. The topological polar surface area (TPSA) is 36.4 Å². The summed E-state index contributed by atoms with van der Waals surface area (Å²) in [4.78, 5) is 7.72. The molecule has 0 radical (unpaired) electrons. The van der Waals surface area contributed by atoms with Gasteiger partial charge in [0.15, 0.2) is 0 Å². The van der Waals surface area contributed by atoms with Crippen LogP contribution in [0.3, 0.4) is 0 Å². The Morgan fingerprint density at radius 1 is 0.960 bits per heavy atom. The van der Waals surface area contributed by atoms with Crippen LogP contribution < -0.4 is 0 Å². The van der Waals surface area contributed by atoms with Crippen molar-refractivity contribution in [3.8, 4) is 11.3 Å². The molecule has 2 aliphatic rings. The maximum Gasteiger partial charge on any atom is 0.0705 e. The number of aliphatic hydroxyl groups is 1. The molecule has 0 bridgehead atoms. The summed E-state index contributed by atoms with van der Waals surface area (Å²) in [6.07, 6.45) is 8.13. The van der Waals surface area contributed by atoms with Gasteiger partial charge in [-0.15, -0.1) is 0 Å². The second kappa shape index (κ2) is 7.67. The van der Waals surface area contributed by atoms with E-state index in [4.69, 9.17) is 4.98 Å². The van der Waals surface area contributed by atoms with Crippen LogP contribution >= 0.6 is 0 Å². The van der Waals surface area contributed by atoms with Crippen LogP contribution in [0, 0.1) is 0 Å². The molecule has 1 saturated carbocycles. The highest BCUT2D eigenvalue weighted by atomic mass is 16.3. The Labute approximate surface area is 150 Å². The van der Waals surface area contributed by atoms with Crippen LogP contribution in [0.1, 0.15) is 55.7 Å². The average Bonchev–Trinajstić information content (AvgIpc) is 3.23. The maximum atomic E-state index is 9.21. The molecule has 1 aromatic heterocycles.